The Bertz CT molecular complexity index is 712. The minimum atomic E-state index is -0.0229. The minimum Gasteiger partial charge on any atom is -0.220 e. The summed E-state index contributed by atoms with van der Waals surface area (Å²) in [5.74, 6) is 1.05. The molecule has 3 heteroatoms. The molecular weight excluding hydrogens is 222 g/mol. The molecule has 90 valence electrons. The summed E-state index contributed by atoms with van der Waals surface area (Å²) in [6, 6.07) is 8.55. The molecule has 2 aromatic rings. The number of aryl methyl sites for hydroxylation is 1. The zero-order valence-corrected chi connectivity index (χ0v) is 10.9. The van der Waals surface area contributed by atoms with E-state index in [-0.39, 0.29) is 11.0 Å². The van der Waals surface area contributed by atoms with Crippen LogP contribution in [0.15, 0.2) is 42.7 Å². The van der Waals surface area contributed by atoms with E-state index in [0.717, 1.165) is 5.82 Å². The molecule has 2 aliphatic rings. The number of benzene rings is 1. The quantitative estimate of drug-likeness (QED) is 0.507. The lowest BCUT2D eigenvalue weighted by Crippen LogP contribution is -2.51. The van der Waals surface area contributed by atoms with Crippen molar-refractivity contribution in [3.63, 3.8) is 0 Å². The Kier molecular flexibility index (Phi) is 1.44. The topological polar surface area (TPSA) is 21.7 Å². The van der Waals surface area contributed by atoms with E-state index in [1.54, 1.807) is 0 Å². The number of nitrogens with zero attached hydrogens (tertiary/aromatic N) is 3. The summed E-state index contributed by atoms with van der Waals surface area (Å²) in [6.07, 6.45) is 2.07. The van der Waals surface area contributed by atoms with Crippen LogP contribution in [0.4, 0.5) is 0 Å². The van der Waals surface area contributed by atoms with Gasteiger partial charge in [-0.3, -0.25) is 0 Å². The second-order valence-electron chi connectivity index (χ2n) is 5.70. The van der Waals surface area contributed by atoms with E-state index in [1.807, 2.05) is 11.7 Å². The molecule has 2 unspecified atom stereocenters. The van der Waals surface area contributed by atoms with Gasteiger partial charge >= 0.3 is 5.82 Å². The summed E-state index contributed by atoms with van der Waals surface area (Å²) in [5.41, 5.74) is 3.89. The fourth-order valence-electron chi connectivity index (χ4n) is 3.64. The Morgan fingerprint density at radius 3 is 2.78 bits per heavy atom. The SMILES string of the molecule is C=C1C2(C)c3ccccc3-c3nn(C)c[n+]3C12C. The van der Waals surface area contributed by atoms with Gasteiger partial charge in [-0.15, -0.1) is 4.68 Å². The summed E-state index contributed by atoms with van der Waals surface area (Å²) in [5, 5.41) is 4.62. The predicted octanol–water partition coefficient (Wildman–Crippen LogP) is 1.93. The van der Waals surface area contributed by atoms with Crippen LogP contribution < -0.4 is 4.57 Å². The highest BCUT2D eigenvalue weighted by atomic mass is 15.4. The molecule has 0 bridgehead atoms. The van der Waals surface area contributed by atoms with Gasteiger partial charge in [-0.25, -0.2) is 4.57 Å². The number of rotatable bonds is 0. The first-order valence-electron chi connectivity index (χ1n) is 6.27. The van der Waals surface area contributed by atoms with Crippen molar-refractivity contribution in [3.8, 4) is 11.4 Å². The standard InChI is InChI=1S/C15H16N3/c1-10-14(2)12-8-6-5-7-11(12)13-16-17(4)9-18(13)15(10,14)3/h5-9H,1H2,2-4H3/q+1. The largest absolute Gasteiger partial charge is 0.309 e. The number of allylic oxidation sites excluding steroid dienone is 1. The Labute approximate surface area is 106 Å². The van der Waals surface area contributed by atoms with Crippen LogP contribution >= 0.6 is 0 Å². The summed E-state index contributed by atoms with van der Waals surface area (Å²) >= 11 is 0. The maximum atomic E-state index is 4.62. The van der Waals surface area contributed by atoms with Gasteiger partial charge < -0.3 is 0 Å². The monoisotopic (exact) mass is 238 g/mol. The van der Waals surface area contributed by atoms with Crippen molar-refractivity contribution in [2.24, 2.45) is 7.05 Å². The van der Waals surface area contributed by atoms with E-state index in [4.69, 9.17) is 0 Å². The molecule has 1 aromatic heterocycles. The average molecular weight is 238 g/mol. The Hall–Kier alpha value is -1.90. The van der Waals surface area contributed by atoms with Crippen LogP contribution in [0, 0.1) is 0 Å². The Morgan fingerprint density at radius 2 is 2.00 bits per heavy atom. The molecule has 3 nitrogen and oxygen atoms in total. The van der Waals surface area contributed by atoms with Crippen LogP contribution in [0.2, 0.25) is 0 Å². The molecule has 1 aliphatic heterocycles. The van der Waals surface area contributed by atoms with Crippen molar-refractivity contribution in [1.29, 1.82) is 0 Å². The van der Waals surface area contributed by atoms with Crippen molar-refractivity contribution in [1.82, 2.24) is 9.78 Å². The zero-order chi connectivity index (χ0) is 12.7. The molecule has 0 N–H and O–H groups in total. The second kappa shape index (κ2) is 2.58. The number of hydrogen-bond donors (Lipinski definition) is 0. The first kappa shape index (κ1) is 10.1. The lowest BCUT2D eigenvalue weighted by molar-refractivity contribution is -0.728. The van der Waals surface area contributed by atoms with Crippen molar-refractivity contribution in [2.45, 2.75) is 24.8 Å². The molecule has 1 saturated carbocycles. The van der Waals surface area contributed by atoms with Crippen LogP contribution in [-0.2, 0) is 18.0 Å². The highest BCUT2D eigenvalue weighted by molar-refractivity contribution is 5.71. The van der Waals surface area contributed by atoms with E-state index >= 15 is 0 Å². The van der Waals surface area contributed by atoms with E-state index in [1.165, 1.54) is 16.7 Å². The minimum absolute atomic E-state index is 0.0229. The highest BCUT2D eigenvalue weighted by Gasteiger charge is 2.74. The summed E-state index contributed by atoms with van der Waals surface area (Å²) in [7, 11) is 1.97. The van der Waals surface area contributed by atoms with Crippen LogP contribution in [0.1, 0.15) is 19.4 Å². The van der Waals surface area contributed by atoms with Crippen molar-refractivity contribution in [2.75, 3.05) is 0 Å². The van der Waals surface area contributed by atoms with Crippen LogP contribution in [0.3, 0.4) is 0 Å². The molecule has 1 fully saturated rings. The van der Waals surface area contributed by atoms with E-state index < -0.39 is 0 Å². The van der Waals surface area contributed by atoms with Crippen LogP contribution in [-0.4, -0.2) is 9.78 Å². The molecule has 2 heterocycles. The molecule has 1 aromatic carbocycles. The summed E-state index contributed by atoms with van der Waals surface area (Å²) in [6.45, 7) is 8.85. The van der Waals surface area contributed by atoms with Gasteiger partial charge in [-0.1, -0.05) is 24.8 Å². The fraction of sp³-hybridized carbons (Fsp3) is 0.333. The van der Waals surface area contributed by atoms with Crippen molar-refractivity contribution < 1.29 is 4.57 Å². The zero-order valence-electron chi connectivity index (χ0n) is 10.9. The normalized spacial score (nSPS) is 31.6. The maximum Gasteiger partial charge on any atom is 0.309 e. The van der Waals surface area contributed by atoms with E-state index in [0.29, 0.717) is 0 Å². The summed E-state index contributed by atoms with van der Waals surface area (Å²) < 4.78 is 4.16. The van der Waals surface area contributed by atoms with Gasteiger partial charge in [0.15, 0.2) is 0 Å². The predicted molar refractivity (Wildman–Crippen MR) is 69.0 cm³/mol. The first-order valence-corrected chi connectivity index (χ1v) is 6.27. The third-order valence-corrected chi connectivity index (χ3v) is 5.05. The number of aromatic nitrogens is 3. The Balaban J connectivity index is 2.17. The molecular formula is C15H16N3+. The molecule has 18 heavy (non-hydrogen) atoms. The molecule has 4 rings (SSSR count). The lowest BCUT2D eigenvalue weighted by atomic mass is 9.86. The van der Waals surface area contributed by atoms with Gasteiger partial charge in [0.05, 0.1) is 18.0 Å². The lowest BCUT2D eigenvalue weighted by Gasteiger charge is -2.23. The smallest absolute Gasteiger partial charge is 0.220 e. The highest BCUT2D eigenvalue weighted by Crippen LogP contribution is 2.66. The summed E-state index contributed by atoms with van der Waals surface area (Å²) in [4.78, 5) is 0. The average Bonchev–Trinajstić information content (AvgIpc) is 2.71. The van der Waals surface area contributed by atoms with E-state index in [2.05, 4.69) is 60.7 Å². The maximum absolute atomic E-state index is 4.62. The third-order valence-electron chi connectivity index (χ3n) is 5.05. The van der Waals surface area contributed by atoms with Gasteiger partial charge in [-0.2, -0.15) is 0 Å². The number of hydrogen-bond acceptors (Lipinski definition) is 1. The molecule has 0 amide bonds. The fourth-order valence-corrected chi connectivity index (χ4v) is 3.64. The van der Waals surface area contributed by atoms with Gasteiger partial charge in [-0.05, 0) is 31.1 Å². The second-order valence-corrected chi connectivity index (χ2v) is 5.70. The van der Waals surface area contributed by atoms with Gasteiger partial charge in [0, 0.05) is 5.10 Å². The molecule has 2 atom stereocenters. The Morgan fingerprint density at radius 1 is 1.28 bits per heavy atom. The molecule has 0 spiro atoms. The van der Waals surface area contributed by atoms with Gasteiger partial charge in [0.25, 0.3) is 0 Å². The first-order chi connectivity index (χ1) is 8.51. The van der Waals surface area contributed by atoms with Crippen molar-refractivity contribution in [3.05, 3.63) is 48.3 Å². The molecule has 0 saturated heterocycles. The van der Waals surface area contributed by atoms with Gasteiger partial charge in [0.2, 0.25) is 6.33 Å². The molecule has 0 radical (unpaired) electrons. The van der Waals surface area contributed by atoms with Gasteiger partial charge in [0.1, 0.15) is 5.54 Å². The molecule has 1 aliphatic carbocycles. The van der Waals surface area contributed by atoms with Crippen molar-refractivity contribution >= 4 is 0 Å². The van der Waals surface area contributed by atoms with Crippen LogP contribution in [0.5, 0.6) is 0 Å². The van der Waals surface area contributed by atoms with E-state index in [9.17, 15) is 0 Å². The van der Waals surface area contributed by atoms with Crippen LogP contribution in [0.25, 0.3) is 11.4 Å². The number of fused-ring (bicyclic) bond motifs is 6. The third kappa shape index (κ3) is 0.769.